The molecule has 2 N–H and O–H groups in total. The van der Waals surface area contributed by atoms with Crippen LogP contribution in [0.25, 0.3) is 0 Å². The van der Waals surface area contributed by atoms with Crippen LogP contribution in [0.5, 0.6) is 0 Å². The highest BCUT2D eigenvalue weighted by Crippen LogP contribution is 2.19. The van der Waals surface area contributed by atoms with Gasteiger partial charge in [0.05, 0.1) is 0 Å². The summed E-state index contributed by atoms with van der Waals surface area (Å²) >= 11 is 0. The van der Waals surface area contributed by atoms with E-state index < -0.39 is 0 Å². The first-order chi connectivity index (χ1) is 9.63. The summed E-state index contributed by atoms with van der Waals surface area (Å²) in [6.07, 6.45) is 4.17. The van der Waals surface area contributed by atoms with Gasteiger partial charge in [-0.2, -0.15) is 0 Å². The number of anilines is 1. The van der Waals surface area contributed by atoms with Crippen LogP contribution in [0.1, 0.15) is 52.0 Å². The average Bonchev–Trinajstić information content (AvgIpc) is 2.47. The van der Waals surface area contributed by atoms with Crippen molar-refractivity contribution in [1.82, 2.24) is 4.90 Å². The maximum atomic E-state index is 12.6. The number of hydrogen-bond donors (Lipinski definition) is 1. The molecule has 1 amide bonds. The number of nitrogens with two attached hydrogens (primary N) is 1. The standard InChI is InChI=1S/C17H28N2O/c1-4-7-10-14(5-2)17(20)19(6-3)13-15-11-8-9-12-16(15)18/h8-9,11-12,14H,4-7,10,13,18H2,1-3H3. The number of amides is 1. The summed E-state index contributed by atoms with van der Waals surface area (Å²) in [5.74, 6) is 0.423. The zero-order valence-electron chi connectivity index (χ0n) is 13.1. The fourth-order valence-electron chi connectivity index (χ4n) is 2.44. The molecule has 1 unspecified atom stereocenters. The van der Waals surface area contributed by atoms with E-state index in [2.05, 4.69) is 13.8 Å². The minimum atomic E-state index is 0.153. The number of hydrogen-bond acceptors (Lipinski definition) is 2. The Morgan fingerprint density at radius 1 is 1.25 bits per heavy atom. The van der Waals surface area contributed by atoms with E-state index in [1.807, 2.05) is 36.1 Å². The average molecular weight is 276 g/mol. The zero-order valence-corrected chi connectivity index (χ0v) is 13.1. The van der Waals surface area contributed by atoms with Gasteiger partial charge in [0, 0.05) is 24.7 Å². The van der Waals surface area contributed by atoms with Crippen LogP contribution in [0.15, 0.2) is 24.3 Å². The van der Waals surface area contributed by atoms with E-state index >= 15 is 0 Å². The predicted octanol–water partition coefficient (Wildman–Crippen LogP) is 3.83. The third-order valence-electron chi connectivity index (χ3n) is 3.86. The summed E-state index contributed by atoms with van der Waals surface area (Å²) in [6, 6.07) is 7.78. The molecule has 1 atom stereocenters. The molecule has 0 aliphatic carbocycles. The van der Waals surface area contributed by atoms with E-state index in [4.69, 9.17) is 5.73 Å². The van der Waals surface area contributed by atoms with Gasteiger partial charge in [0.15, 0.2) is 0 Å². The van der Waals surface area contributed by atoms with Gasteiger partial charge in [-0.05, 0) is 31.4 Å². The Labute approximate surface area is 123 Å². The van der Waals surface area contributed by atoms with E-state index in [1.54, 1.807) is 0 Å². The van der Waals surface area contributed by atoms with Crippen LogP contribution in [-0.2, 0) is 11.3 Å². The van der Waals surface area contributed by atoms with Crippen LogP contribution in [0, 0.1) is 5.92 Å². The molecular weight excluding hydrogens is 248 g/mol. The van der Waals surface area contributed by atoms with E-state index in [0.29, 0.717) is 6.54 Å². The highest BCUT2D eigenvalue weighted by Gasteiger charge is 2.21. The first-order valence-electron chi connectivity index (χ1n) is 7.76. The van der Waals surface area contributed by atoms with Gasteiger partial charge in [-0.15, -0.1) is 0 Å². The van der Waals surface area contributed by atoms with Crippen molar-refractivity contribution < 1.29 is 4.79 Å². The van der Waals surface area contributed by atoms with Gasteiger partial charge in [0.25, 0.3) is 0 Å². The second kappa shape index (κ2) is 8.62. The number of benzene rings is 1. The third kappa shape index (κ3) is 4.55. The monoisotopic (exact) mass is 276 g/mol. The Kier molecular flexibility index (Phi) is 7.13. The number of carbonyl (C=O) groups is 1. The molecule has 1 rings (SSSR count). The van der Waals surface area contributed by atoms with Crippen molar-refractivity contribution in [2.75, 3.05) is 12.3 Å². The molecule has 0 heterocycles. The van der Waals surface area contributed by atoms with Crippen molar-refractivity contribution >= 4 is 11.6 Å². The summed E-state index contributed by atoms with van der Waals surface area (Å²) in [5, 5.41) is 0. The molecule has 0 fully saturated rings. The summed E-state index contributed by atoms with van der Waals surface area (Å²) in [6.45, 7) is 7.65. The Morgan fingerprint density at radius 3 is 2.50 bits per heavy atom. The smallest absolute Gasteiger partial charge is 0.225 e. The Bertz CT molecular complexity index is 417. The van der Waals surface area contributed by atoms with Crippen LogP contribution in [0.4, 0.5) is 5.69 Å². The van der Waals surface area contributed by atoms with Gasteiger partial charge in [-0.25, -0.2) is 0 Å². The Balaban J connectivity index is 2.74. The molecule has 3 nitrogen and oxygen atoms in total. The SMILES string of the molecule is CCCCC(CC)C(=O)N(CC)Cc1ccccc1N. The van der Waals surface area contributed by atoms with Crippen LogP contribution in [0.2, 0.25) is 0 Å². The molecule has 0 bridgehead atoms. The third-order valence-corrected chi connectivity index (χ3v) is 3.86. The van der Waals surface area contributed by atoms with Crippen molar-refractivity contribution in [3.63, 3.8) is 0 Å². The van der Waals surface area contributed by atoms with Gasteiger partial charge in [-0.3, -0.25) is 4.79 Å². The number of nitrogens with zero attached hydrogens (tertiary/aromatic N) is 1. The van der Waals surface area contributed by atoms with Gasteiger partial charge >= 0.3 is 0 Å². The molecule has 0 radical (unpaired) electrons. The van der Waals surface area contributed by atoms with Crippen molar-refractivity contribution in [3.8, 4) is 0 Å². The summed E-state index contributed by atoms with van der Waals surface area (Å²) in [7, 11) is 0. The maximum absolute atomic E-state index is 12.6. The lowest BCUT2D eigenvalue weighted by molar-refractivity contribution is -0.136. The number of rotatable bonds is 8. The minimum absolute atomic E-state index is 0.153. The maximum Gasteiger partial charge on any atom is 0.225 e. The molecule has 20 heavy (non-hydrogen) atoms. The topological polar surface area (TPSA) is 46.3 Å². The molecule has 0 aromatic heterocycles. The first-order valence-corrected chi connectivity index (χ1v) is 7.76. The lowest BCUT2D eigenvalue weighted by Gasteiger charge is -2.26. The Hall–Kier alpha value is -1.51. The Morgan fingerprint density at radius 2 is 1.95 bits per heavy atom. The number of para-hydroxylation sites is 1. The van der Waals surface area contributed by atoms with E-state index in [9.17, 15) is 4.79 Å². The molecule has 0 saturated heterocycles. The number of unbranched alkanes of at least 4 members (excludes halogenated alkanes) is 1. The highest BCUT2D eigenvalue weighted by atomic mass is 16.2. The van der Waals surface area contributed by atoms with Crippen LogP contribution in [0.3, 0.4) is 0 Å². The van der Waals surface area contributed by atoms with Crippen LogP contribution < -0.4 is 5.73 Å². The molecular formula is C17H28N2O. The zero-order chi connectivity index (χ0) is 15.0. The molecule has 1 aromatic rings. The lowest BCUT2D eigenvalue weighted by atomic mass is 9.97. The number of carbonyl (C=O) groups excluding carboxylic acids is 1. The molecule has 0 aliphatic rings. The largest absolute Gasteiger partial charge is 0.398 e. The number of nitrogen functional groups attached to an aromatic ring is 1. The van der Waals surface area contributed by atoms with Crippen molar-refractivity contribution in [2.24, 2.45) is 5.92 Å². The van der Waals surface area contributed by atoms with Crippen LogP contribution >= 0.6 is 0 Å². The molecule has 112 valence electrons. The van der Waals surface area contributed by atoms with Crippen molar-refractivity contribution in [3.05, 3.63) is 29.8 Å². The van der Waals surface area contributed by atoms with E-state index in [1.165, 1.54) is 0 Å². The van der Waals surface area contributed by atoms with Gasteiger partial charge < -0.3 is 10.6 Å². The quantitative estimate of drug-likeness (QED) is 0.733. The second-order valence-electron chi connectivity index (χ2n) is 5.30. The van der Waals surface area contributed by atoms with Gasteiger partial charge in [0.2, 0.25) is 5.91 Å². The molecule has 3 heteroatoms. The summed E-state index contributed by atoms with van der Waals surface area (Å²) in [4.78, 5) is 14.5. The molecule has 1 aromatic carbocycles. The molecule has 0 saturated carbocycles. The van der Waals surface area contributed by atoms with Crippen molar-refractivity contribution in [2.45, 2.75) is 53.0 Å². The first kappa shape index (κ1) is 16.5. The van der Waals surface area contributed by atoms with Crippen molar-refractivity contribution in [1.29, 1.82) is 0 Å². The summed E-state index contributed by atoms with van der Waals surface area (Å²) in [5.41, 5.74) is 7.77. The molecule has 0 aliphatic heterocycles. The normalized spacial score (nSPS) is 12.2. The lowest BCUT2D eigenvalue weighted by Crippen LogP contribution is -2.35. The minimum Gasteiger partial charge on any atom is -0.398 e. The fourth-order valence-corrected chi connectivity index (χ4v) is 2.44. The fraction of sp³-hybridized carbons (Fsp3) is 0.588. The van der Waals surface area contributed by atoms with E-state index in [0.717, 1.165) is 43.5 Å². The van der Waals surface area contributed by atoms with E-state index in [-0.39, 0.29) is 11.8 Å². The highest BCUT2D eigenvalue weighted by molar-refractivity contribution is 5.79. The predicted molar refractivity (Wildman–Crippen MR) is 85.3 cm³/mol. The van der Waals surface area contributed by atoms with Gasteiger partial charge in [-0.1, -0.05) is 44.9 Å². The van der Waals surface area contributed by atoms with Crippen LogP contribution in [-0.4, -0.2) is 17.4 Å². The molecule has 0 spiro atoms. The van der Waals surface area contributed by atoms with Gasteiger partial charge in [0.1, 0.15) is 0 Å². The second-order valence-corrected chi connectivity index (χ2v) is 5.30. The summed E-state index contributed by atoms with van der Waals surface area (Å²) < 4.78 is 0.